The van der Waals surface area contributed by atoms with Crippen molar-refractivity contribution in [3.05, 3.63) is 149 Å². The van der Waals surface area contributed by atoms with Crippen LogP contribution in [0.4, 0.5) is 0 Å². The van der Waals surface area contributed by atoms with Crippen molar-refractivity contribution in [3.63, 3.8) is 0 Å². The summed E-state index contributed by atoms with van der Waals surface area (Å²) < 4.78 is 1.42. The molecular weight excluding hydrogens is 655 g/mol. The van der Waals surface area contributed by atoms with Gasteiger partial charge in [-0.15, -0.1) is 46.2 Å². The Morgan fingerprint density at radius 1 is 0.659 bits per heavy atom. The molecular formula is C41H44Cl2Zr-2. The van der Waals surface area contributed by atoms with Crippen LogP contribution in [0.15, 0.2) is 120 Å². The van der Waals surface area contributed by atoms with Crippen molar-refractivity contribution in [1.82, 2.24) is 0 Å². The van der Waals surface area contributed by atoms with Gasteiger partial charge >= 0.3 is 99.2 Å². The first-order chi connectivity index (χ1) is 20.6. The van der Waals surface area contributed by atoms with E-state index in [0.29, 0.717) is 0 Å². The van der Waals surface area contributed by atoms with Crippen molar-refractivity contribution in [1.29, 1.82) is 0 Å². The van der Waals surface area contributed by atoms with Crippen LogP contribution in [0.1, 0.15) is 82.1 Å². The minimum absolute atomic E-state index is 0. The molecule has 0 fully saturated rings. The molecule has 0 heterocycles. The van der Waals surface area contributed by atoms with Crippen molar-refractivity contribution in [2.24, 2.45) is 0 Å². The molecule has 0 amide bonds. The van der Waals surface area contributed by atoms with Gasteiger partial charge in [-0.2, -0.15) is 5.57 Å². The molecule has 228 valence electrons. The van der Waals surface area contributed by atoms with Crippen LogP contribution < -0.4 is 24.8 Å². The Morgan fingerprint density at radius 2 is 1.14 bits per heavy atom. The maximum absolute atomic E-state index is 3.42. The van der Waals surface area contributed by atoms with E-state index in [-0.39, 0.29) is 24.8 Å². The summed E-state index contributed by atoms with van der Waals surface area (Å²) in [5.41, 5.74) is 8.52. The van der Waals surface area contributed by atoms with Crippen LogP contribution in [0.2, 0.25) is 0 Å². The fraction of sp³-hybridized carbons (Fsp3) is 0.268. The minimum atomic E-state index is 0. The molecule has 3 heteroatoms. The van der Waals surface area contributed by atoms with Gasteiger partial charge in [-0.1, -0.05) is 82.3 Å². The van der Waals surface area contributed by atoms with E-state index in [4.69, 9.17) is 0 Å². The fourth-order valence-electron chi connectivity index (χ4n) is 5.42. The summed E-state index contributed by atoms with van der Waals surface area (Å²) >= 11 is 1.46. The summed E-state index contributed by atoms with van der Waals surface area (Å²) in [4.78, 5) is 0. The number of hydrogen-bond donors (Lipinski definition) is 0. The Morgan fingerprint density at radius 3 is 1.57 bits per heavy atom. The van der Waals surface area contributed by atoms with E-state index in [1.54, 1.807) is 5.57 Å². The van der Waals surface area contributed by atoms with Gasteiger partial charge in [-0.05, 0) is 19.3 Å². The number of halogens is 2. The summed E-state index contributed by atoms with van der Waals surface area (Å²) in [5.74, 6) is 0. The molecule has 0 nitrogen and oxygen atoms in total. The molecule has 5 aromatic rings. The molecule has 0 atom stereocenters. The Labute approximate surface area is 293 Å². The van der Waals surface area contributed by atoms with Crippen LogP contribution in [0, 0.1) is 6.08 Å². The van der Waals surface area contributed by atoms with E-state index >= 15 is 0 Å². The molecule has 0 N–H and O–H groups in total. The van der Waals surface area contributed by atoms with Gasteiger partial charge in [0.2, 0.25) is 0 Å². The van der Waals surface area contributed by atoms with Crippen LogP contribution in [-0.2, 0) is 37.1 Å². The second-order valence-electron chi connectivity index (χ2n) is 11.0. The van der Waals surface area contributed by atoms with E-state index in [1.165, 1.54) is 102 Å². The monoisotopic (exact) mass is 696 g/mol. The molecule has 44 heavy (non-hydrogen) atoms. The van der Waals surface area contributed by atoms with Crippen LogP contribution in [0.25, 0.3) is 21.5 Å². The normalized spacial score (nSPS) is 11.7. The van der Waals surface area contributed by atoms with Crippen LogP contribution >= 0.6 is 0 Å². The van der Waals surface area contributed by atoms with Gasteiger partial charge in [0.1, 0.15) is 0 Å². The van der Waals surface area contributed by atoms with Gasteiger partial charge < -0.3 is 24.8 Å². The average molecular weight is 699 g/mol. The first-order valence-corrected chi connectivity index (χ1v) is 16.9. The van der Waals surface area contributed by atoms with Crippen LogP contribution in [0.3, 0.4) is 0 Å². The third kappa shape index (κ3) is 10.6. The number of fused-ring (bicyclic) bond motifs is 3. The summed E-state index contributed by atoms with van der Waals surface area (Å²) in [5, 5.41) is 5.54. The molecule has 0 aliphatic heterocycles. The third-order valence-electron chi connectivity index (χ3n) is 7.79. The van der Waals surface area contributed by atoms with Gasteiger partial charge in [0.15, 0.2) is 0 Å². The second kappa shape index (κ2) is 19.8. The van der Waals surface area contributed by atoms with Gasteiger partial charge in [0, 0.05) is 0 Å². The Bertz CT molecular complexity index is 1540. The fourth-order valence-corrected chi connectivity index (χ4v) is 6.24. The summed E-state index contributed by atoms with van der Waals surface area (Å²) in [6.07, 6.45) is 14.1. The molecule has 0 spiro atoms. The van der Waals surface area contributed by atoms with Crippen molar-refractivity contribution < 1.29 is 49.0 Å². The Kier molecular flexibility index (Phi) is 17.0. The number of rotatable bonds is 8. The van der Waals surface area contributed by atoms with Crippen molar-refractivity contribution >= 4 is 24.8 Å². The molecule has 0 saturated carbocycles. The third-order valence-corrected chi connectivity index (χ3v) is 9.21. The molecule has 0 saturated heterocycles. The summed E-state index contributed by atoms with van der Waals surface area (Å²) in [6, 6.07) is 37.1. The van der Waals surface area contributed by atoms with Gasteiger partial charge in [-0.25, -0.2) is 11.6 Å². The first-order valence-electron chi connectivity index (χ1n) is 15.7. The van der Waals surface area contributed by atoms with Crippen molar-refractivity contribution in [2.75, 3.05) is 0 Å². The number of benzene rings is 4. The zero-order chi connectivity index (χ0) is 29.7. The molecule has 0 unspecified atom stereocenters. The van der Waals surface area contributed by atoms with Gasteiger partial charge in [-0.3, -0.25) is 6.08 Å². The average Bonchev–Trinajstić information content (AvgIpc) is 3.65. The quantitative estimate of drug-likeness (QED) is 0.193. The van der Waals surface area contributed by atoms with Crippen molar-refractivity contribution in [3.8, 4) is 0 Å². The van der Waals surface area contributed by atoms with Crippen LogP contribution in [-0.4, -0.2) is 3.21 Å². The van der Waals surface area contributed by atoms with E-state index < -0.39 is 0 Å². The molecule has 0 radical (unpaired) electrons. The van der Waals surface area contributed by atoms with Crippen molar-refractivity contribution in [2.45, 2.75) is 72.6 Å². The summed E-state index contributed by atoms with van der Waals surface area (Å²) in [7, 11) is 0. The predicted octanol–water partition coefficient (Wildman–Crippen LogP) is 5.29. The van der Waals surface area contributed by atoms with E-state index in [1.807, 2.05) is 0 Å². The zero-order valence-electron chi connectivity index (χ0n) is 26.6. The van der Waals surface area contributed by atoms with E-state index in [9.17, 15) is 0 Å². The predicted molar refractivity (Wildman–Crippen MR) is 181 cm³/mol. The first kappa shape index (κ1) is 37.7. The second-order valence-corrected chi connectivity index (χ2v) is 12.2. The standard InChI is InChI=1S/C17H17.C13H10.C11H17.2ClH.Zr/c1-3-12-5-7-16-14(9-12)11-15-10-13(4-2)6-8-17(15)16;1-3-7-12(8-4-1)11-13-9-5-2-6-10-13;1-3-5-10-7-8-11(9-10)6-4-2;;;/h5-11H,3-4H2,1-2H3;1-10H;9H,3-7H2,1-2H3;2*1H;/q-1;;-1;;;+2/p-2. The van der Waals surface area contributed by atoms with Gasteiger partial charge in [0.25, 0.3) is 0 Å². The molecule has 0 bridgehead atoms. The number of allylic oxidation sites excluding steroid dienone is 4. The Hall–Kier alpha value is -2.44. The molecule has 1 aliphatic carbocycles. The Balaban J connectivity index is 0.000000231. The van der Waals surface area contributed by atoms with Gasteiger partial charge in [0.05, 0.1) is 0 Å². The molecule has 5 aromatic carbocycles. The molecule has 1 aliphatic rings. The SMILES string of the molecule is CCCC1=[C-]CC(CCC)=C1.CCc1ccc2c(c1)[cH-]c1cc(CC)ccc12.[Cl-].[Cl-].[Zr+2]=[C](c1ccccc1)c1ccccc1. The molecule has 6 rings (SSSR count). The zero-order valence-corrected chi connectivity index (χ0v) is 30.6. The maximum atomic E-state index is 3.42. The van der Waals surface area contributed by atoms with E-state index in [0.717, 1.165) is 19.3 Å². The summed E-state index contributed by atoms with van der Waals surface area (Å²) in [6.45, 7) is 8.87. The topological polar surface area (TPSA) is 0 Å². The molecule has 0 aromatic heterocycles. The van der Waals surface area contributed by atoms with E-state index in [2.05, 4.69) is 143 Å². The number of aryl methyl sites for hydroxylation is 2. The number of hydrogen-bond acceptors (Lipinski definition) is 0. The van der Waals surface area contributed by atoms with Crippen LogP contribution in [0.5, 0.6) is 0 Å².